The summed E-state index contributed by atoms with van der Waals surface area (Å²) in [5.41, 5.74) is 2.70. The van der Waals surface area contributed by atoms with Crippen LogP contribution >= 0.6 is 0 Å². The molecule has 3 heterocycles. The Morgan fingerprint density at radius 1 is 1.29 bits per heavy atom. The topological polar surface area (TPSA) is 69.0 Å². The zero-order valence-electron chi connectivity index (χ0n) is 12.9. The normalized spacial score (nSPS) is 21.1. The van der Waals surface area contributed by atoms with Gasteiger partial charge >= 0.3 is 6.03 Å². The fourth-order valence-electron chi connectivity index (χ4n) is 3.74. The number of aromatic nitrogens is 1. The Labute approximate surface area is 138 Å². The van der Waals surface area contributed by atoms with Crippen molar-refractivity contribution in [2.45, 2.75) is 31.3 Å². The summed E-state index contributed by atoms with van der Waals surface area (Å²) in [5, 5.41) is 11.7. The fourth-order valence-corrected chi connectivity index (χ4v) is 3.74. The van der Waals surface area contributed by atoms with E-state index in [1.54, 1.807) is 24.3 Å². The van der Waals surface area contributed by atoms with Crippen molar-refractivity contribution in [1.82, 2.24) is 9.88 Å². The molecule has 1 fully saturated rings. The number of rotatable bonds is 1. The van der Waals surface area contributed by atoms with E-state index in [0.717, 1.165) is 18.4 Å². The Balaban J connectivity index is 1.58. The minimum atomic E-state index is -0.420. The molecule has 1 aromatic carbocycles. The van der Waals surface area contributed by atoms with Crippen molar-refractivity contribution in [2.24, 2.45) is 0 Å². The molecule has 0 saturated carbocycles. The van der Waals surface area contributed by atoms with E-state index in [9.17, 15) is 9.18 Å². The summed E-state index contributed by atoms with van der Waals surface area (Å²) in [6.07, 6.45) is 3.66. The maximum atomic E-state index is 13.9. The maximum Gasteiger partial charge on any atom is 0.322 e. The average Bonchev–Trinajstić information content (AvgIpc) is 2.92. The minimum Gasteiger partial charge on any atom is -0.314 e. The molecule has 1 saturated heterocycles. The Kier molecular flexibility index (Phi) is 3.42. The second-order valence-electron chi connectivity index (χ2n) is 6.15. The molecule has 4 rings (SSSR count). The Morgan fingerprint density at radius 2 is 2.08 bits per heavy atom. The molecule has 24 heavy (non-hydrogen) atoms. The van der Waals surface area contributed by atoms with E-state index < -0.39 is 5.95 Å². The molecule has 0 aliphatic carbocycles. The number of nitriles is 1. The molecule has 2 amide bonds. The van der Waals surface area contributed by atoms with E-state index in [4.69, 9.17) is 5.26 Å². The molecule has 2 bridgehead atoms. The smallest absolute Gasteiger partial charge is 0.314 e. The third-order valence-electron chi connectivity index (χ3n) is 4.84. The number of hydrogen-bond donors (Lipinski definition) is 1. The van der Waals surface area contributed by atoms with Crippen LogP contribution in [0.4, 0.5) is 14.9 Å². The number of carbonyl (C=O) groups is 1. The highest BCUT2D eigenvalue weighted by Crippen LogP contribution is 2.44. The van der Waals surface area contributed by atoms with Crippen LogP contribution in [0.3, 0.4) is 0 Å². The first-order valence-electron chi connectivity index (χ1n) is 7.90. The predicted octanol–water partition coefficient (Wildman–Crippen LogP) is 3.39. The van der Waals surface area contributed by atoms with Gasteiger partial charge in [0.15, 0.2) is 0 Å². The number of nitrogens with zero attached hydrogens (tertiary/aromatic N) is 3. The first-order chi connectivity index (χ1) is 11.7. The summed E-state index contributed by atoms with van der Waals surface area (Å²) < 4.78 is 13.9. The van der Waals surface area contributed by atoms with E-state index in [1.165, 1.54) is 6.20 Å². The molecule has 2 atom stereocenters. The second kappa shape index (κ2) is 5.60. The van der Waals surface area contributed by atoms with Crippen molar-refractivity contribution in [2.75, 3.05) is 5.32 Å². The third-order valence-corrected chi connectivity index (χ3v) is 4.84. The van der Waals surface area contributed by atoms with Crippen molar-refractivity contribution in [1.29, 1.82) is 5.26 Å². The first kappa shape index (κ1) is 14.6. The largest absolute Gasteiger partial charge is 0.322 e. The molecular formula is C18H15FN4O. The van der Waals surface area contributed by atoms with E-state index in [2.05, 4.69) is 10.3 Å². The third kappa shape index (κ3) is 2.29. The number of hydrogen-bond acceptors (Lipinski definition) is 3. The van der Waals surface area contributed by atoms with Gasteiger partial charge in [-0.3, -0.25) is 0 Å². The van der Waals surface area contributed by atoms with E-state index >= 15 is 0 Å². The predicted molar refractivity (Wildman–Crippen MR) is 85.7 cm³/mol. The number of amides is 2. The summed E-state index contributed by atoms with van der Waals surface area (Å²) in [7, 11) is 0. The van der Waals surface area contributed by atoms with Crippen LogP contribution in [-0.2, 0) is 6.42 Å². The molecule has 1 N–H and O–H groups in total. The van der Waals surface area contributed by atoms with Crippen molar-refractivity contribution < 1.29 is 9.18 Å². The van der Waals surface area contributed by atoms with Gasteiger partial charge in [-0.25, -0.2) is 9.78 Å². The molecule has 2 aromatic rings. The quantitative estimate of drug-likeness (QED) is 0.818. The Morgan fingerprint density at radius 3 is 2.83 bits per heavy atom. The van der Waals surface area contributed by atoms with Gasteiger partial charge < -0.3 is 10.2 Å². The highest BCUT2D eigenvalue weighted by Gasteiger charge is 2.43. The number of nitrogens with one attached hydrogen (secondary N) is 1. The number of fused-ring (bicyclic) bond motifs is 4. The number of carbonyl (C=O) groups excluding carboxylic acids is 1. The van der Waals surface area contributed by atoms with Gasteiger partial charge in [-0.2, -0.15) is 9.65 Å². The van der Waals surface area contributed by atoms with Gasteiger partial charge in [0.1, 0.15) is 0 Å². The molecule has 0 spiro atoms. The molecule has 6 heteroatoms. The average molecular weight is 322 g/mol. The molecule has 5 nitrogen and oxygen atoms in total. The summed E-state index contributed by atoms with van der Waals surface area (Å²) in [5.74, 6) is -0.420. The summed E-state index contributed by atoms with van der Waals surface area (Å²) in [4.78, 5) is 18.3. The summed E-state index contributed by atoms with van der Waals surface area (Å²) in [6.45, 7) is 0. The summed E-state index contributed by atoms with van der Waals surface area (Å²) >= 11 is 0. The first-order valence-corrected chi connectivity index (χ1v) is 7.90. The lowest BCUT2D eigenvalue weighted by molar-refractivity contribution is 0.178. The van der Waals surface area contributed by atoms with Crippen LogP contribution < -0.4 is 5.32 Å². The van der Waals surface area contributed by atoms with Crippen LogP contribution in [0.2, 0.25) is 0 Å². The highest BCUT2D eigenvalue weighted by molar-refractivity contribution is 5.90. The lowest BCUT2D eigenvalue weighted by Gasteiger charge is -2.36. The van der Waals surface area contributed by atoms with Crippen molar-refractivity contribution >= 4 is 11.7 Å². The van der Waals surface area contributed by atoms with E-state index in [0.29, 0.717) is 23.2 Å². The van der Waals surface area contributed by atoms with Crippen LogP contribution in [0.25, 0.3) is 0 Å². The lowest BCUT2D eigenvalue weighted by atomic mass is 9.95. The molecular weight excluding hydrogens is 307 g/mol. The number of anilines is 1. The van der Waals surface area contributed by atoms with Crippen LogP contribution in [0.1, 0.15) is 35.6 Å². The minimum absolute atomic E-state index is 0.000387. The lowest BCUT2D eigenvalue weighted by Crippen LogP contribution is -2.44. The molecule has 2 aliphatic rings. The van der Waals surface area contributed by atoms with E-state index in [-0.39, 0.29) is 18.1 Å². The molecule has 2 aliphatic heterocycles. The van der Waals surface area contributed by atoms with Crippen molar-refractivity contribution in [3.8, 4) is 6.07 Å². The van der Waals surface area contributed by atoms with Gasteiger partial charge in [0.05, 0.1) is 17.7 Å². The zero-order chi connectivity index (χ0) is 16.7. The van der Waals surface area contributed by atoms with E-state index in [1.807, 2.05) is 17.0 Å². The van der Waals surface area contributed by atoms with Crippen molar-refractivity contribution in [3.63, 3.8) is 0 Å². The highest BCUT2D eigenvalue weighted by atomic mass is 19.1. The van der Waals surface area contributed by atoms with Gasteiger partial charge in [-0.05, 0) is 55.2 Å². The Bertz CT molecular complexity index is 843. The van der Waals surface area contributed by atoms with Crippen LogP contribution in [0, 0.1) is 17.3 Å². The number of pyridine rings is 1. The molecule has 0 radical (unpaired) electrons. The van der Waals surface area contributed by atoms with Crippen molar-refractivity contribution in [3.05, 3.63) is 59.2 Å². The van der Waals surface area contributed by atoms with Gasteiger partial charge in [0, 0.05) is 23.5 Å². The zero-order valence-corrected chi connectivity index (χ0v) is 12.9. The molecule has 1 aromatic heterocycles. The maximum absolute atomic E-state index is 13.9. The monoisotopic (exact) mass is 322 g/mol. The number of halogens is 1. The van der Waals surface area contributed by atoms with Crippen LogP contribution in [0.15, 0.2) is 36.5 Å². The molecule has 0 unspecified atom stereocenters. The van der Waals surface area contributed by atoms with Gasteiger partial charge in [0.2, 0.25) is 5.95 Å². The van der Waals surface area contributed by atoms with Gasteiger partial charge in [0.25, 0.3) is 0 Å². The van der Waals surface area contributed by atoms with Crippen LogP contribution in [0.5, 0.6) is 0 Å². The Hall–Kier alpha value is -2.94. The number of benzene rings is 1. The summed E-state index contributed by atoms with van der Waals surface area (Å²) in [6, 6.07) is 10.3. The standard InChI is InChI=1S/C18H15FN4O/c19-17-15-9-13-5-6-16(14(15)7-8-21-17)23(13)18(24)22-12-3-1-11(10-20)2-4-12/h1-4,7-8,13,16H,5-6,9H2,(H,22,24)/t13-,16+/m1/s1. The molecule has 120 valence electrons. The second-order valence-corrected chi connectivity index (χ2v) is 6.15. The SMILES string of the molecule is N#Cc1ccc(NC(=O)N2[C@@H]3CC[C@H]2c2ccnc(F)c2C3)cc1. The fraction of sp³-hybridized carbons (Fsp3) is 0.278. The van der Waals surface area contributed by atoms with Gasteiger partial charge in [-0.1, -0.05) is 0 Å². The number of urea groups is 1. The van der Waals surface area contributed by atoms with Crippen LogP contribution in [-0.4, -0.2) is 22.0 Å². The van der Waals surface area contributed by atoms with Gasteiger partial charge in [-0.15, -0.1) is 0 Å².